The highest BCUT2D eigenvalue weighted by Gasteiger charge is 2.22. The van der Waals surface area contributed by atoms with Gasteiger partial charge < -0.3 is 4.90 Å². The molecule has 0 aliphatic carbocycles. The summed E-state index contributed by atoms with van der Waals surface area (Å²) in [4.78, 5) is 13.2. The van der Waals surface area contributed by atoms with E-state index in [0.29, 0.717) is 18.0 Å². The van der Waals surface area contributed by atoms with Gasteiger partial charge in [0.1, 0.15) is 0 Å². The number of hydrogen-bond acceptors (Lipinski definition) is 5. The maximum Gasteiger partial charge on any atom is 0.160 e. The maximum absolute atomic E-state index is 11.2. The summed E-state index contributed by atoms with van der Waals surface area (Å²) in [6.07, 6.45) is 0.814. The summed E-state index contributed by atoms with van der Waals surface area (Å²) in [6, 6.07) is 3.63. The van der Waals surface area contributed by atoms with E-state index in [1.54, 1.807) is 6.07 Å². The number of thiophene rings is 1. The number of nitrogens with zero attached hydrogens (tertiary/aromatic N) is 1. The molecule has 0 unspecified atom stereocenters. The maximum atomic E-state index is 11.2. The van der Waals surface area contributed by atoms with Crippen molar-refractivity contribution in [2.24, 2.45) is 0 Å². The molecular formula is C9H11NO3S2. The van der Waals surface area contributed by atoms with E-state index >= 15 is 0 Å². The van der Waals surface area contributed by atoms with Gasteiger partial charge in [-0.1, -0.05) is 0 Å². The Kier molecular flexibility index (Phi) is 2.79. The van der Waals surface area contributed by atoms with Gasteiger partial charge in [0.15, 0.2) is 16.1 Å². The molecule has 1 saturated heterocycles. The largest absolute Gasteiger partial charge is 0.361 e. The van der Waals surface area contributed by atoms with Crippen molar-refractivity contribution in [1.82, 2.24) is 0 Å². The van der Waals surface area contributed by atoms with Gasteiger partial charge in [0.2, 0.25) is 0 Å². The summed E-state index contributed by atoms with van der Waals surface area (Å²) < 4.78 is 22.4. The Morgan fingerprint density at radius 2 is 1.93 bits per heavy atom. The summed E-state index contributed by atoms with van der Waals surface area (Å²) >= 11 is 1.40. The molecule has 1 aliphatic heterocycles. The van der Waals surface area contributed by atoms with Gasteiger partial charge in [-0.2, -0.15) is 0 Å². The van der Waals surface area contributed by atoms with E-state index in [2.05, 4.69) is 0 Å². The van der Waals surface area contributed by atoms with Crippen LogP contribution >= 0.6 is 11.3 Å². The van der Waals surface area contributed by atoms with Crippen LogP contribution in [0.1, 0.15) is 9.67 Å². The van der Waals surface area contributed by atoms with Crippen LogP contribution in [0.2, 0.25) is 0 Å². The second kappa shape index (κ2) is 3.94. The Balaban J connectivity index is 2.10. The molecule has 0 radical (unpaired) electrons. The molecule has 1 aromatic rings. The molecule has 1 aliphatic rings. The van der Waals surface area contributed by atoms with E-state index < -0.39 is 9.84 Å². The molecule has 0 saturated carbocycles. The lowest BCUT2D eigenvalue weighted by molar-refractivity contribution is 0.112. The third kappa shape index (κ3) is 2.38. The normalized spacial score (nSPS) is 20.1. The molecule has 15 heavy (non-hydrogen) atoms. The smallest absolute Gasteiger partial charge is 0.160 e. The fraction of sp³-hybridized carbons (Fsp3) is 0.444. The number of rotatable bonds is 2. The molecule has 0 atom stereocenters. The van der Waals surface area contributed by atoms with Crippen molar-refractivity contribution in [1.29, 1.82) is 0 Å². The first-order valence-electron chi connectivity index (χ1n) is 4.61. The van der Waals surface area contributed by atoms with Crippen molar-refractivity contribution < 1.29 is 13.2 Å². The van der Waals surface area contributed by atoms with Gasteiger partial charge in [-0.05, 0) is 12.1 Å². The first-order chi connectivity index (χ1) is 7.11. The molecule has 4 nitrogen and oxygen atoms in total. The first kappa shape index (κ1) is 10.6. The highest BCUT2D eigenvalue weighted by molar-refractivity contribution is 7.91. The minimum atomic E-state index is -2.83. The number of sulfone groups is 1. The van der Waals surface area contributed by atoms with Crippen molar-refractivity contribution in [3.05, 3.63) is 17.0 Å². The molecule has 2 rings (SSSR count). The van der Waals surface area contributed by atoms with Gasteiger partial charge in [-0.3, -0.25) is 4.79 Å². The molecule has 0 aromatic carbocycles. The number of carbonyl (C=O) groups is 1. The molecule has 0 spiro atoms. The Morgan fingerprint density at radius 1 is 1.27 bits per heavy atom. The third-order valence-electron chi connectivity index (χ3n) is 2.38. The average Bonchev–Trinajstić information content (AvgIpc) is 2.66. The molecule has 82 valence electrons. The van der Waals surface area contributed by atoms with Crippen LogP contribution in [0, 0.1) is 0 Å². The van der Waals surface area contributed by atoms with Crippen molar-refractivity contribution in [2.45, 2.75) is 0 Å². The molecule has 0 N–H and O–H groups in total. The zero-order valence-electron chi connectivity index (χ0n) is 8.05. The first-order valence-corrected chi connectivity index (χ1v) is 7.25. The van der Waals surface area contributed by atoms with Crippen LogP contribution in [-0.2, 0) is 9.84 Å². The van der Waals surface area contributed by atoms with Crippen LogP contribution in [0.3, 0.4) is 0 Å². The number of carbonyl (C=O) groups excluding carboxylic acids is 1. The predicted octanol–water partition coefficient (Wildman–Crippen LogP) is 0.795. The number of aldehydes is 1. The quantitative estimate of drug-likeness (QED) is 0.723. The second-order valence-corrected chi connectivity index (χ2v) is 6.83. The van der Waals surface area contributed by atoms with Crippen LogP contribution in [-0.4, -0.2) is 39.3 Å². The summed E-state index contributed by atoms with van der Waals surface area (Å²) in [5.74, 6) is 0.419. The van der Waals surface area contributed by atoms with Crippen molar-refractivity contribution in [2.75, 3.05) is 29.5 Å². The zero-order valence-corrected chi connectivity index (χ0v) is 9.68. The Bertz CT molecular complexity index is 449. The van der Waals surface area contributed by atoms with Crippen LogP contribution in [0.4, 0.5) is 5.00 Å². The summed E-state index contributed by atoms with van der Waals surface area (Å²) in [6.45, 7) is 1.06. The lowest BCUT2D eigenvalue weighted by Gasteiger charge is -2.27. The molecule has 0 amide bonds. The Morgan fingerprint density at radius 3 is 2.47 bits per heavy atom. The zero-order chi connectivity index (χ0) is 10.9. The van der Waals surface area contributed by atoms with E-state index in [-0.39, 0.29) is 11.5 Å². The summed E-state index contributed by atoms with van der Waals surface area (Å²) in [7, 11) is -2.83. The SMILES string of the molecule is O=Cc1ccc(N2CCS(=O)(=O)CC2)s1. The fourth-order valence-electron chi connectivity index (χ4n) is 1.51. The standard InChI is InChI=1S/C9H11NO3S2/c11-7-8-1-2-9(14-8)10-3-5-15(12,13)6-4-10/h1-2,7H,3-6H2. The highest BCUT2D eigenvalue weighted by Crippen LogP contribution is 2.26. The topological polar surface area (TPSA) is 54.5 Å². The van der Waals surface area contributed by atoms with E-state index in [1.807, 2.05) is 11.0 Å². The molecule has 0 bridgehead atoms. The van der Waals surface area contributed by atoms with Crippen LogP contribution in [0.5, 0.6) is 0 Å². The van der Waals surface area contributed by atoms with E-state index in [0.717, 1.165) is 11.3 Å². The Labute approximate surface area is 92.4 Å². The lowest BCUT2D eigenvalue weighted by Crippen LogP contribution is -2.39. The lowest BCUT2D eigenvalue weighted by atomic mass is 10.4. The van der Waals surface area contributed by atoms with E-state index in [4.69, 9.17) is 0 Å². The summed E-state index contributed by atoms with van der Waals surface area (Å²) in [5.41, 5.74) is 0. The Hall–Kier alpha value is -0.880. The van der Waals surface area contributed by atoms with Gasteiger partial charge in [-0.25, -0.2) is 8.42 Å². The fourth-order valence-corrected chi connectivity index (χ4v) is 3.58. The third-order valence-corrected chi connectivity index (χ3v) is 5.07. The highest BCUT2D eigenvalue weighted by atomic mass is 32.2. The molecule has 2 heterocycles. The van der Waals surface area contributed by atoms with Crippen molar-refractivity contribution in [3.8, 4) is 0 Å². The predicted molar refractivity (Wildman–Crippen MR) is 60.6 cm³/mol. The van der Waals surface area contributed by atoms with Crippen molar-refractivity contribution in [3.63, 3.8) is 0 Å². The van der Waals surface area contributed by atoms with Gasteiger partial charge in [0.25, 0.3) is 0 Å². The average molecular weight is 245 g/mol. The van der Waals surface area contributed by atoms with Gasteiger partial charge in [0, 0.05) is 13.1 Å². The van der Waals surface area contributed by atoms with E-state index in [9.17, 15) is 13.2 Å². The number of anilines is 1. The minimum absolute atomic E-state index is 0.210. The van der Waals surface area contributed by atoms with Gasteiger partial charge in [0.05, 0.1) is 21.4 Å². The van der Waals surface area contributed by atoms with Crippen LogP contribution in [0.15, 0.2) is 12.1 Å². The minimum Gasteiger partial charge on any atom is -0.361 e. The van der Waals surface area contributed by atoms with Gasteiger partial charge in [-0.15, -0.1) is 11.3 Å². The van der Waals surface area contributed by atoms with Crippen molar-refractivity contribution >= 4 is 32.5 Å². The molecule has 1 aromatic heterocycles. The number of hydrogen-bond donors (Lipinski definition) is 0. The van der Waals surface area contributed by atoms with Crippen LogP contribution < -0.4 is 4.90 Å². The van der Waals surface area contributed by atoms with Gasteiger partial charge >= 0.3 is 0 Å². The van der Waals surface area contributed by atoms with Crippen LogP contribution in [0.25, 0.3) is 0 Å². The van der Waals surface area contributed by atoms with E-state index in [1.165, 1.54) is 11.3 Å². The summed E-state index contributed by atoms with van der Waals surface area (Å²) in [5, 5.41) is 0.979. The second-order valence-electron chi connectivity index (χ2n) is 3.43. The molecule has 1 fully saturated rings. The molecule has 6 heteroatoms. The monoisotopic (exact) mass is 245 g/mol. The molecular weight excluding hydrogens is 234 g/mol.